The Hall–Kier alpha value is -0.0800. The van der Waals surface area contributed by atoms with Gasteiger partial charge in [-0.15, -0.1) is 0 Å². The van der Waals surface area contributed by atoms with E-state index in [1.807, 2.05) is 0 Å². The van der Waals surface area contributed by atoms with E-state index in [0.717, 1.165) is 12.5 Å². The van der Waals surface area contributed by atoms with Crippen LogP contribution in [0, 0.1) is 5.92 Å². The summed E-state index contributed by atoms with van der Waals surface area (Å²) >= 11 is 0. The molecule has 0 bridgehead atoms. The molecule has 2 unspecified atom stereocenters. The Morgan fingerprint density at radius 3 is 2.46 bits per heavy atom. The molecule has 0 radical (unpaired) electrons. The van der Waals surface area contributed by atoms with Crippen molar-refractivity contribution in [3.8, 4) is 0 Å². The molecule has 1 rings (SSSR count). The summed E-state index contributed by atoms with van der Waals surface area (Å²) in [6.07, 6.45) is 3.89. The van der Waals surface area contributed by atoms with Gasteiger partial charge in [-0.3, -0.25) is 4.90 Å². The summed E-state index contributed by atoms with van der Waals surface area (Å²) in [5, 5.41) is 0. The molecule has 78 valence electrons. The van der Waals surface area contributed by atoms with Crippen LogP contribution in [0.4, 0.5) is 0 Å². The Balaban J connectivity index is 2.70. The number of hydrogen-bond acceptors (Lipinski definition) is 2. The van der Waals surface area contributed by atoms with E-state index in [9.17, 15) is 0 Å². The van der Waals surface area contributed by atoms with Crippen LogP contribution < -0.4 is 5.73 Å². The van der Waals surface area contributed by atoms with Crippen molar-refractivity contribution in [2.24, 2.45) is 11.7 Å². The molecule has 0 spiro atoms. The van der Waals surface area contributed by atoms with Crippen LogP contribution in [0.3, 0.4) is 0 Å². The Morgan fingerprint density at radius 2 is 2.15 bits per heavy atom. The molecule has 1 saturated carbocycles. The van der Waals surface area contributed by atoms with E-state index in [2.05, 4.69) is 32.7 Å². The molecule has 0 aliphatic heterocycles. The van der Waals surface area contributed by atoms with Crippen LogP contribution in [0.25, 0.3) is 0 Å². The highest BCUT2D eigenvalue weighted by atomic mass is 15.2. The Labute approximate surface area is 82.5 Å². The van der Waals surface area contributed by atoms with Crippen molar-refractivity contribution < 1.29 is 0 Å². The van der Waals surface area contributed by atoms with Crippen molar-refractivity contribution in [3.63, 3.8) is 0 Å². The Kier molecular flexibility index (Phi) is 3.36. The van der Waals surface area contributed by atoms with Crippen LogP contribution in [-0.2, 0) is 0 Å². The van der Waals surface area contributed by atoms with Gasteiger partial charge < -0.3 is 5.73 Å². The first kappa shape index (κ1) is 11.0. The second kappa shape index (κ2) is 3.97. The van der Waals surface area contributed by atoms with Crippen molar-refractivity contribution in [2.45, 2.75) is 51.6 Å². The van der Waals surface area contributed by atoms with E-state index in [-0.39, 0.29) is 0 Å². The summed E-state index contributed by atoms with van der Waals surface area (Å²) < 4.78 is 0. The Bertz CT molecular complexity index is 167. The quantitative estimate of drug-likeness (QED) is 0.725. The van der Waals surface area contributed by atoms with Crippen molar-refractivity contribution in [2.75, 3.05) is 13.6 Å². The zero-order valence-electron chi connectivity index (χ0n) is 9.51. The van der Waals surface area contributed by atoms with Gasteiger partial charge in [0.05, 0.1) is 0 Å². The number of rotatable bonds is 3. The molecule has 0 heterocycles. The predicted molar refractivity (Wildman–Crippen MR) is 57.7 cm³/mol. The lowest BCUT2D eigenvalue weighted by Gasteiger charge is -2.41. The first-order valence-electron chi connectivity index (χ1n) is 5.45. The molecule has 0 aromatic carbocycles. The van der Waals surface area contributed by atoms with Crippen molar-refractivity contribution in [3.05, 3.63) is 0 Å². The maximum atomic E-state index is 5.93. The van der Waals surface area contributed by atoms with Gasteiger partial charge in [-0.2, -0.15) is 0 Å². The van der Waals surface area contributed by atoms with E-state index in [4.69, 9.17) is 5.73 Å². The SMILES string of the molecule is CC1CCC(CN)(N(C)C(C)C)C1. The third kappa shape index (κ3) is 2.05. The average Bonchev–Trinajstić information content (AvgIpc) is 2.47. The van der Waals surface area contributed by atoms with Gasteiger partial charge in [0.1, 0.15) is 0 Å². The normalized spacial score (nSPS) is 34.8. The third-order valence-electron chi connectivity index (χ3n) is 3.73. The minimum Gasteiger partial charge on any atom is -0.329 e. The van der Waals surface area contributed by atoms with Gasteiger partial charge in [-0.05, 0) is 46.1 Å². The van der Waals surface area contributed by atoms with Gasteiger partial charge in [-0.25, -0.2) is 0 Å². The van der Waals surface area contributed by atoms with Gasteiger partial charge in [0, 0.05) is 18.1 Å². The molecule has 2 nitrogen and oxygen atoms in total. The summed E-state index contributed by atoms with van der Waals surface area (Å²) in [6.45, 7) is 7.65. The fraction of sp³-hybridized carbons (Fsp3) is 1.00. The van der Waals surface area contributed by atoms with Crippen molar-refractivity contribution >= 4 is 0 Å². The van der Waals surface area contributed by atoms with Crippen LogP contribution in [0.1, 0.15) is 40.0 Å². The number of hydrogen-bond donors (Lipinski definition) is 1. The smallest absolute Gasteiger partial charge is 0.0334 e. The predicted octanol–water partition coefficient (Wildman–Crippen LogP) is 1.84. The van der Waals surface area contributed by atoms with Gasteiger partial charge in [0.2, 0.25) is 0 Å². The highest BCUT2D eigenvalue weighted by Crippen LogP contribution is 2.38. The maximum Gasteiger partial charge on any atom is 0.0334 e. The minimum atomic E-state index is 0.299. The van der Waals surface area contributed by atoms with Crippen LogP contribution in [0.15, 0.2) is 0 Å². The zero-order valence-corrected chi connectivity index (χ0v) is 9.51. The average molecular weight is 184 g/mol. The van der Waals surface area contributed by atoms with Crippen LogP contribution in [0.5, 0.6) is 0 Å². The minimum absolute atomic E-state index is 0.299. The van der Waals surface area contributed by atoms with E-state index in [1.165, 1.54) is 19.3 Å². The summed E-state index contributed by atoms with van der Waals surface area (Å²) in [5.74, 6) is 0.852. The van der Waals surface area contributed by atoms with Crippen LogP contribution >= 0.6 is 0 Å². The molecule has 1 fully saturated rings. The highest BCUT2D eigenvalue weighted by molar-refractivity contribution is 4.97. The van der Waals surface area contributed by atoms with E-state index < -0.39 is 0 Å². The molecule has 2 heteroatoms. The number of nitrogens with zero attached hydrogens (tertiary/aromatic N) is 1. The molecule has 0 amide bonds. The number of nitrogens with two attached hydrogens (primary N) is 1. The molecule has 0 saturated heterocycles. The molecule has 13 heavy (non-hydrogen) atoms. The summed E-state index contributed by atoms with van der Waals surface area (Å²) in [7, 11) is 2.22. The fourth-order valence-corrected chi connectivity index (χ4v) is 2.57. The first-order valence-corrected chi connectivity index (χ1v) is 5.45. The number of likely N-dealkylation sites (N-methyl/N-ethyl adjacent to an activating group) is 1. The lowest BCUT2D eigenvalue weighted by atomic mass is 9.93. The van der Waals surface area contributed by atoms with Gasteiger partial charge in [-0.1, -0.05) is 6.92 Å². The van der Waals surface area contributed by atoms with E-state index in [1.54, 1.807) is 0 Å². The standard InChI is InChI=1S/C11H24N2/c1-9(2)13(4)11(8-12)6-5-10(3)7-11/h9-10H,5-8,12H2,1-4H3. The highest BCUT2D eigenvalue weighted by Gasteiger charge is 2.40. The van der Waals surface area contributed by atoms with Gasteiger partial charge in [0.25, 0.3) is 0 Å². The van der Waals surface area contributed by atoms with Crippen molar-refractivity contribution in [1.82, 2.24) is 4.90 Å². The van der Waals surface area contributed by atoms with E-state index in [0.29, 0.717) is 11.6 Å². The molecule has 0 aromatic rings. The van der Waals surface area contributed by atoms with E-state index >= 15 is 0 Å². The topological polar surface area (TPSA) is 29.3 Å². The molecule has 0 aromatic heterocycles. The summed E-state index contributed by atoms with van der Waals surface area (Å²) in [4.78, 5) is 2.47. The van der Waals surface area contributed by atoms with Gasteiger partial charge >= 0.3 is 0 Å². The maximum absolute atomic E-state index is 5.93. The monoisotopic (exact) mass is 184 g/mol. The Morgan fingerprint density at radius 1 is 1.54 bits per heavy atom. The van der Waals surface area contributed by atoms with Crippen LogP contribution in [0.2, 0.25) is 0 Å². The third-order valence-corrected chi connectivity index (χ3v) is 3.73. The molecule has 2 atom stereocenters. The first-order chi connectivity index (χ1) is 6.02. The lowest BCUT2D eigenvalue weighted by Crippen LogP contribution is -2.53. The fourth-order valence-electron chi connectivity index (χ4n) is 2.57. The molecular formula is C11H24N2. The second-order valence-electron chi connectivity index (χ2n) is 4.98. The lowest BCUT2D eigenvalue weighted by molar-refractivity contribution is 0.0945. The van der Waals surface area contributed by atoms with Crippen molar-refractivity contribution in [1.29, 1.82) is 0 Å². The summed E-state index contributed by atoms with van der Waals surface area (Å²) in [6, 6.07) is 0.605. The zero-order chi connectivity index (χ0) is 10.1. The van der Waals surface area contributed by atoms with Crippen LogP contribution in [-0.4, -0.2) is 30.1 Å². The molecule has 1 aliphatic carbocycles. The second-order valence-corrected chi connectivity index (χ2v) is 4.98. The largest absolute Gasteiger partial charge is 0.329 e. The molecule has 1 aliphatic rings. The van der Waals surface area contributed by atoms with Gasteiger partial charge in [0.15, 0.2) is 0 Å². The molecular weight excluding hydrogens is 160 g/mol. The molecule has 2 N–H and O–H groups in total. The summed E-state index contributed by atoms with van der Waals surface area (Å²) in [5.41, 5.74) is 6.23.